The summed E-state index contributed by atoms with van der Waals surface area (Å²) in [4.78, 5) is 0. The minimum absolute atomic E-state index is 1.20. The molecule has 0 heteroatoms. The standard InChI is InChI=1S/C54H36/c1-7-21-37(22-8-1)45-35-47-48(36-46(45)38-23-9-2-10-24-38)52(42-31-17-6-18-32-42)54-50(40-27-13-4-14-28-40)44-34-20-19-33-43(44)49(39-25-11-3-12-26-39)53(54)51(47)41-29-15-5-16-30-41/h1-36H. The van der Waals surface area contributed by atoms with Gasteiger partial charge in [0, 0.05) is 0 Å². The third kappa shape index (κ3) is 5.31. The van der Waals surface area contributed by atoms with E-state index in [-0.39, 0.29) is 0 Å². The number of hydrogen-bond acceptors (Lipinski definition) is 0. The second kappa shape index (κ2) is 13.5. The van der Waals surface area contributed by atoms with Crippen molar-refractivity contribution in [1.82, 2.24) is 0 Å². The average molecular weight is 685 g/mol. The number of hydrogen-bond donors (Lipinski definition) is 0. The molecule has 0 aliphatic carbocycles. The maximum atomic E-state index is 2.48. The van der Waals surface area contributed by atoms with E-state index in [0.29, 0.717) is 0 Å². The van der Waals surface area contributed by atoms with E-state index in [1.807, 2.05) is 0 Å². The molecule has 0 nitrogen and oxygen atoms in total. The molecule has 0 amide bonds. The van der Waals surface area contributed by atoms with Crippen LogP contribution in [0.25, 0.3) is 99.1 Å². The zero-order valence-electron chi connectivity index (χ0n) is 29.8. The molecule has 0 aromatic heterocycles. The Morgan fingerprint density at radius 1 is 0.185 bits per heavy atom. The van der Waals surface area contributed by atoms with Crippen LogP contribution >= 0.6 is 0 Å². The van der Waals surface area contributed by atoms with Crippen LogP contribution in [0, 0.1) is 0 Å². The average Bonchev–Trinajstić information content (AvgIpc) is 3.26. The third-order valence-corrected chi connectivity index (χ3v) is 10.8. The molecule has 0 spiro atoms. The van der Waals surface area contributed by atoms with Gasteiger partial charge in [0.25, 0.3) is 0 Å². The highest BCUT2D eigenvalue weighted by Crippen LogP contribution is 2.54. The summed E-state index contributed by atoms with van der Waals surface area (Å²) in [6, 6.07) is 79.9. The van der Waals surface area contributed by atoms with E-state index < -0.39 is 0 Å². The second-order valence-electron chi connectivity index (χ2n) is 13.9. The van der Waals surface area contributed by atoms with E-state index in [1.165, 1.54) is 99.1 Å². The first-order valence-corrected chi connectivity index (χ1v) is 18.7. The van der Waals surface area contributed by atoms with Gasteiger partial charge in [0.1, 0.15) is 0 Å². The molecule has 0 atom stereocenters. The molecule has 0 fully saturated rings. The Morgan fingerprint density at radius 3 is 0.685 bits per heavy atom. The van der Waals surface area contributed by atoms with Crippen LogP contribution in [0.3, 0.4) is 0 Å². The Morgan fingerprint density at radius 2 is 0.407 bits per heavy atom. The first-order chi connectivity index (χ1) is 26.8. The molecule has 0 aliphatic rings. The quantitative estimate of drug-likeness (QED) is 0.153. The highest BCUT2D eigenvalue weighted by Gasteiger charge is 2.27. The molecule has 0 heterocycles. The van der Waals surface area contributed by atoms with E-state index in [4.69, 9.17) is 0 Å². The maximum absolute atomic E-state index is 2.48. The number of benzene rings is 10. The molecule has 0 unspecified atom stereocenters. The van der Waals surface area contributed by atoms with E-state index in [0.717, 1.165) is 0 Å². The van der Waals surface area contributed by atoms with Crippen LogP contribution in [0.2, 0.25) is 0 Å². The van der Waals surface area contributed by atoms with Gasteiger partial charge in [0.05, 0.1) is 0 Å². The lowest BCUT2D eigenvalue weighted by atomic mass is 9.76. The first-order valence-electron chi connectivity index (χ1n) is 18.7. The monoisotopic (exact) mass is 684 g/mol. The SMILES string of the molecule is c1ccc(-c2cc3c(-c4ccccc4)c4c(-c5ccccc5)c5ccccc5c(-c5ccccc5)c4c(-c4ccccc4)c3cc2-c2ccccc2)cc1. The molecule has 0 saturated carbocycles. The molecule has 10 rings (SSSR count). The van der Waals surface area contributed by atoms with Crippen LogP contribution < -0.4 is 0 Å². The molecule has 0 saturated heterocycles. The Kier molecular flexibility index (Phi) is 7.93. The van der Waals surface area contributed by atoms with Gasteiger partial charge in [-0.25, -0.2) is 0 Å². The first kappa shape index (κ1) is 31.7. The fourth-order valence-electron chi connectivity index (χ4n) is 8.55. The summed E-state index contributed by atoms with van der Waals surface area (Å²) in [6.07, 6.45) is 0. The topological polar surface area (TPSA) is 0 Å². The molecular weight excluding hydrogens is 649 g/mol. The van der Waals surface area contributed by atoms with E-state index in [9.17, 15) is 0 Å². The third-order valence-electron chi connectivity index (χ3n) is 10.8. The summed E-state index contributed by atoms with van der Waals surface area (Å²) in [5, 5.41) is 7.49. The van der Waals surface area contributed by atoms with Crippen LogP contribution in [-0.2, 0) is 0 Å². The molecule has 0 aliphatic heterocycles. The van der Waals surface area contributed by atoms with Crippen molar-refractivity contribution in [2.45, 2.75) is 0 Å². The normalized spacial score (nSPS) is 11.3. The Balaban J connectivity index is 1.56. The summed E-state index contributed by atoms with van der Waals surface area (Å²) in [5.41, 5.74) is 14.7. The van der Waals surface area contributed by atoms with Gasteiger partial charge in [-0.2, -0.15) is 0 Å². The summed E-state index contributed by atoms with van der Waals surface area (Å²) < 4.78 is 0. The van der Waals surface area contributed by atoms with Crippen molar-refractivity contribution in [1.29, 1.82) is 0 Å². The molecule has 0 N–H and O–H groups in total. The van der Waals surface area contributed by atoms with Crippen LogP contribution in [0.15, 0.2) is 218 Å². The number of fused-ring (bicyclic) bond motifs is 3. The fraction of sp³-hybridized carbons (Fsp3) is 0. The zero-order valence-corrected chi connectivity index (χ0v) is 29.8. The molecule has 252 valence electrons. The highest BCUT2D eigenvalue weighted by molar-refractivity contribution is 6.34. The predicted molar refractivity (Wildman–Crippen MR) is 232 cm³/mol. The fourth-order valence-corrected chi connectivity index (χ4v) is 8.55. The Labute approximate surface area is 316 Å². The molecule has 0 bridgehead atoms. The van der Waals surface area contributed by atoms with Crippen LogP contribution in [0.4, 0.5) is 0 Å². The lowest BCUT2D eigenvalue weighted by Crippen LogP contribution is -1.98. The lowest BCUT2D eigenvalue weighted by Gasteiger charge is -2.26. The number of rotatable bonds is 6. The van der Waals surface area contributed by atoms with Crippen LogP contribution in [0.1, 0.15) is 0 Å². The predicted octanol–water partition coefficient (Wildman–Crippen LogP) is 15.1. The highest BCUT2D eigenvalue weighted by atomic mass is 14.3. The van der Waals surface area contributed by atoms with E-state index in [2.05, 4.69) is 218 Å². The van der Waals surface area contributed by atoms with Crippen molar-refractivity contribution >= 4 is 32.3 Å². The lowest BCUT2D eigenvalue weighted by molar-refractivity contribution is 1.59. The van der Waals surface area contributed by atoms with Gasteiger partial charge in [0.15, 0.2) is 0 Å². The Hall–Kier alpha value is -7.02. The molecule has 54 heavy (non-hydrogen) atoms. The molecule has 0 radical (unpaired) electrons. The van der Waals surface area contributed by atoms with Crippen molar-refractivity contribution < 1.29 is 0 Å². The van der Waals surface area contributed by atoms with Gasteiger partial charge in [-0.3, -0.25) is 0 Å². The molecule has 10 aromatic carbocycles. The van der Waals surface area contributed by atoms with Crippen molar-refractivity contribution in [3.8, 4) is 66.8 Å². The molecule has 10 aromatic rings. The van der Waals surface area contributed by atoms with Gasteiger partial charge < -0.3 is 0 Å². The smallest absolute Gasteiger partial charge is 0.000139 e. The van der Waals surface area contributed by atoms with Crippen molar-refractivity contribution in [2.75, 3.05) is 0 Å². The van der Waals surface area contributed by atoms with Gasteiger partial charge in [-0.05, 0) is 111 Å². The minimum atomic E-state index is 1.20. The minimum Gasteiger partial charge on any atom is -0.0622 e. The summed E-state index contributed by atoms with van der Waals surface area (Å²) >= 11 is 0. The van der Waals surface area contributed by atoms with Crippen molar-refractivity contribution in [3.63, 3.8) is 0 Å². The molecular formula is C54H36. The second-order valence-corrected chi connectivity index (χ2v) is 13.9. The largest absolute Gasteiger partial charge is 0.0622 e. The van der Waals surface area contributed by atoms with Crippen molar-refractivity contribution in [2.24, 2.45) is 0 Å². The zero-order chi connectivity index (χ0) is 35.8. The van der Waals surface area contributed by atoms with Gasteiger partial charge >= 0.3 is 0 Å². The summed E-state index contributed by atoms with van der Waals surface area (Å²) in [6.45, 7) is 0. The summed E-state index contributed by atoms with van der Waals surface area (Å²) in [5.74, 6) is 0. The van der Waals surface area contributed by atoms with Crippen LogP contribution in [-0.4, -0.2) is 0 Å². The Bertz CT molecular complexity index is 2710. The van der Waals surface area contributed by atoms with Crippen molar-refractivity contribution in [3.05, 3.63) is 218 Å². The van der Waals surface area contributed by atoms with Crippen LogP contribution in [0.5, 0.6) is 0 Å². The summed E-state index contributed by atoms with van der Waals surface area (Å²) in [7, 11) is 0. The van der Waals surface area contributed by atoms with E-state index >= 15 is 0 Å². The van der Waals surface area contributed by atoms with Gasteiger partial charge in [0.2, 0.25) is 0 Å². The van der Waals surface area contributed by atoms with E-state index in [1.54, 1.807) is 0 Å². The van der Waals surface area contributed by atoms with Gasteiger partial charge in [-0.15, -0.1) is 0 Å². The van der Waals surface area contributed by atoms with Gasteiger partial charge in [-0.1, -0.05) is 206 Å². The maximum Gasteiger partial charge on any atom is -0.000139 e.